The zero-order valence-electron chi connectivity index (χ0n) is 19.7. The number of carbonyl (C=O) groups is 2. The number of carbonyl (C=O) groups excluding carboxylic acids is 2. The van der Waals surface area contributed by atoms with Crippen molar-refractivity contribution in [3.63, 3.8) is 0 Å². The van der Waals surface area contributed by atoms with E-state index in [1.807, 2.05) is 4.90 Å². The van der Waals surface area contributed by atoms with Crippen LogP contribution in [0.25, 0.3) is 5.69 Å². The summed E-state index contributed by atoms with van der Waals surface area (Å²) in [5.74, 6) is -0.675. The summed E-state index contributed by atoms with van der Waals surface area (Å²) in [5, 5.41) is 4.07. The van der Waals surface area contributed by atoms with Crippen LogP contribution in [0.2, 0.25) is 0 Å². The largest absolute Gasteiger partial charge is 0.418 e. The fourth-order valence-corrected chi connectivity index (χ4v) is 4.87. The van der Waals surface area contributed by atoms with E-state index in [2.05, 4.69) is 5.10 Å². The van der Waals surface area contributed by atoms with Gasteiger partial charge < -0.3 is 9.80 Å². The van der Waals surface area contributed by atoms with Crippen molar-refractivity contribution in [2.45, 2.75) is 51.6 Å². The predicted molar refractivity (Wildman–Crippen MR) is 123 cm³/mol. The number of aromatic nitrogens is 2. The highest BCUT2D eigenvalue weighted by molar-refractivity contribution is 5.92. The smallest absolute Gasteiger partial charge is 0.342 e. The van der Waals surface area contributed by atoms with Gasteiger partial charge in [-0.2, -0.15) is 18.3 Å². The first-order valence-electron chi connectivity index (χ1n) is 12.0. The van der Waals surface area contributed by atoms with Gasteiger partial charge in [-0.15, -0.1) is 0 Å². The van der Waals surface area contributed by atoms with Crippen LogP contribution in [0.3, 0.4) is 0 Å². The van der Waals surface area contributed by atoms with Crippen LogP contribution in [0.4, 0.5) is 13.2 Å². The second-order valence-corrected chi connectivity index (χ2v) is 9.23. The minimum Gasteiger partial charge on any atom is -0.342 e. The van der Waals surface area contributed by atoms with Crippen molar-refractivity contribution in [2.75, 3.05) is 26.2 Å². The molecule has 1 aromatic heterocycles. The number of alkyl halides is 3. The number of nitrogens with zero attached hydrogens (tertiary/aromatic N) is 4. The third-order valence-electron chi connectivity index (χ3n) is 6.80. The van der Waals surface area contributed by atoms with E-state index in [9.17, 15) is 27.6 Å². The van der Waals surface area contributed by atoms with Crippen molar-refractivity contribution in [1.29, 1.82) is 0 Å². The summed E-state index contributed by atoms with van der Waals surface area (Å²) in [5.41, 5.74) is -2.05. The van der Waals surface area contributed by atoms with Gasteiger partial charge in [0.1, 0.15) is 0 Å². The molecule has 35 heavy (non-hydrogen) atoms. The van der Waals surface area contributed by atoms with E-state index in [1.165, 1.54) is 30.0 Å². The molecule has 7 nitrogen and oxygen atoms in total. The molecule has 2 aromatic rings. The molecule has 0 atom stereocenters. The van der Waals surface area contributed by atoms with Crippen LogP contribution in [0.5, 0.6) is 0 Å². The van der Waals surface area contributed by atoms with Gasteiger partial charge in [0.15, 0.2) is 5.69 Å². The standard InChI is InChI=1S/C25H29F3N4O3/c1-17-16-21(33)22(29-32(17)20-9-5-4-8-19(20)25(26,27)28)24(35)31-14-10-18(11-15-31)23(34)30-12-6-2-3-7-13-30/h4-5,8-9,16,18H,2-3,6-7,10-15H2,1H3. The fraction of sp³-hybridized carbons (Fsp3) is 0.520. The third kappa shape index (κ3) is 5.41. The number of hydrogen-bond donors (Lipinski definition) is 0. The number of halogens is 3. The summed E-state index contributed by atoms with van der Waals surface area (Å²) in [7, 11) is 0. The maximum absolute atomic E-state index is 13.5. The van der Waals surface area contributed by atoms with Gasteiger partial charge in [-0.05, 0) is 44.7 Å². The Labute approximate surface area is 201 Å². The van der Waals surface area contributed by atoms with E-state index >= 15 is 0 Å². The molecular formula is C25H29F3N4O3. The van der Waals surface area contributed by atoms with Crippen molar-refractivity contribution < 1.29 is 22.8 Å². The lowest BCUT2D eigenvalue weighted by Gasteiger charge is -2.33. The van der Waals surface area contributed by atoms with Gasteiger partial charge in [-0.3, -0.25) is 14.4 Å². The second-order valence-electron chi connectivity index (χ2n) is 9.23. The highest BCUT2D eigenvalue weighted by Gasteiger charge is 2.35. The molecule has 0 N–H and O–H groups in total. The predicted octanol–water partition coefficient (Wildman–Crippen LogP) is 3.81. The van der Waals surface area contributed by atoms with Crippen LogP contribution in [-0.4, -0.2) is 57.6 Å². The summed E-state index contributed by atoms with van der Waals surface area (Å²) < 4.78 is 41.6. The number of amides is 2. The molecule has 2 saturated heterocycles. The molecular weight excluding hydrogens is 461 g/mol. The average molecular weight is 491 g/mol. The first-order valence-corrected chi connectivity index (χ1v) is 12.0. The normalized spacial score (nSPS) is 17.8. The summed E-state index contributed by atoms with van der Waals surface area (Å²) >= 11 is 0. The number of likely N-dealkylation sites (tertiary alicyclic amines) is 2. The quantitative estimate of drug-likeness (QED) is 0.656. The zero-order valence-corrected chi connectivity index (χ0v) is 19.7. The molecule has 0 saturated carbocycles. The monoisotopic (exact) mass is 490 g/mol. The van der Waals surface area contributed by atoms with E-state index in [0.717, 1.165) is 55.6 Å². The Morgan fingerprint density at radius 3 is 2.20 bits per heavy atom. The molecule has 2 amide bonds. The molecule has 0 unspecified atom stereocenters. The van der Waals surface area contributed by atoms with Gasteiger partial charge in [0.05, 0.1) is 11.3 Å². The Bertz CT molecular complexity index is 1150. The number of hydrogen-bond acceptors (Lipinski definition) is 4. The van der Waals surface area contributed by atoms with Crippen molar-refractivity contribution >= 4 is 11.8 Å². The molecule has 2 aliphatic heterocycles. The number of rotatable bonds is 3. The maximum Gasteiger partial charge on any atom is 0.418 e. The fourth-order valence-electron chi connectivity index (χ4n) is 4.87. The number of para-hydroxylation sites is 1. The molecule has 10 heteroatoms. The molecule has 3 heterocycles. The van der Waals surface area contributed by atoms with E-state index in [0.29, 0.717) is 12.8 Å². The minimum atomic E-state index is -4.63. The Balaban J connectivity index is 1.52. The second kappa shape index (κ2) is 10.2. The van der Waals surface area contributed by atoms with Gasteiger partial charge in [0.2, 0.25) is 11.3 Å². The Hall–Kier alpha value is -3.17. The van der Waals surface area contributed by atoms with E-state index in [1.54, 1.807) is 0 Å². The van der Waals surface area contributed by atoms with E-state index in [4.69, 9.17) is 0 Å². The first kappa shape index (κ1) is 24.9. The average Bonchev–Trinajstić information content (AvgIpc) is 3.13. The Kier molecular flexibility index (Phi) is 7.28. The topological polar surface area (TPSA) is 75.5 Å². The molecule has 0 bridgehead atoms. The van der Waals surface area contributed by atoms with Gasteiger partial charge >= 0.3 is 6.18 Å². The summed E-state index contributed by atoms with van der Waals surface area (Å²) in [6, 6.07) is 6.03. The van der Waals surface area contributed by atoms with Crippen molar-refractivity contribution in [1.82, 2.24) is 19.6 Å². The third-order valence-corrected chi connectivity index (χ3v) is 6.80. The van der Waals surface area contributed by atoms with Gasteiger partial charge in [0.25, 0.3) is 5.91 Å². The van der Waals surface area contributed by atoms with Crippen molar-refractivity contribution in [3.05, 3.63) is 57.5 Å². The van der Waals surface area contributed by atoms with Gasteiger partial charge in [0, 0.05) is 43.9 Å². The molecule has 0 aliphatic carbocycles. The molecule has 0 spiro atoms. The highest BCUT2D eigenvalue weighted by atomic mass is 19.4. The first-order chi connectivity index (χ1) is 16.7. The number of piperidine rings is 1. The minimum absolute atomic E-state index is 0.124. The SMILES string of the molecule is Cc1cc(=O)c(C(=O)N2CCC(C(=O)N3CCCCCC3)CC2)nn1-c1ccccc1C(F)(F)F. The van der Waals surface area contributed by atoms with Gasteiger partial charge in [-0.25, -0.2) is 4.68 Å². The van der Waals surface area contributed by atoms with Crippen LogP contribution >= 0.6 is 0 Å². The lowest BCUT2D eigenvalue weighted by Crippen LogP contribution is -2.46. The van der Waals surface area contributed by atoms with E-state index < -0.39 is 28.8 Å². The number of benzene rings is 1. The lowest BCUT2D eigenvalue weighted by atomic mass is 9.95. The Morgan fingerprint density at radius 1 is 0.943 bits per heavy atom. The highest BCUT2D eigenvalue weighted by Crippen LogP contribution is 2.33. The lowest BCUT2D eigenvalue weighted by molar-refractivity contribution is -0.138. The number of aryl methyl sites for hydroxylation is 1. The zero-order chi connectivity index (χ0) is 25.2. The van der Waals surface area contributed by atoms with Crippen molar-refractivity contribution in [2.24, 2.45) is 5.92 Å². The maximum atomic E-state index is 13.5. The van der Waals surface area contributed by atoms with Crippen molar-refractivity contribution in [3.8, 4) is 5.69 Å². The van der Waals surface area contributed by atoms with Crippen LogP contribution < -0.4 is 5.43 Å². The van der Waals surface area contributed by atoms with Crippen LogP contribution in [-0.2, 0) is 11.0 Å². The Morgan fingerprint density at radius 2 is 1.57 bits per heavy atom. The molecule has 0 radical (unpaired) electrons. The summed E-state index contributed by atoms with van der Waals surface area (Å²) in [6.07, 6.45) is 0.615. The van der Waals surface area contributed by atoms with E-state index in [-0.39, 0.29) is 36.3 Å². The van der Waals surface area contributed by atoms with Crippen LogP contribution in [0.1, 0.15) is 60.3 Å². The molecule has 2 fully saturated rings. The molecule has 2 aliphatic rings. The van der Waals surface area contributed by atoms with Gasteiger partial charge in [-0.1, -0.05) is 25.0 Å². The van der Waals surface area contributed by atoms with Crippen LogP contribution in [0.15, 0.2) is 35.1 Å². The summed E-state index contributed by atoms with van der Waals surface area (Å²) in [6.45, 7) is 3.58. The summed E-state index contributed by atoms with van der Waals surface area (Å²) in [4.78, 5) is 42.1. The molecule has 4 rings (SSSR count). The molecule has 188 valence electrons. The van der Waals surface area contributed by atoms with Crippen LogP contribution in [0, 0.1) is 12.8 Å². The molecule has 1 aromatic carbocycles.